The summed E-state index contributed by atoms with van der Waals surface area (Å²) >= 11 is 0. The van der Waals surface area contributed by atoms with Gasteiger partial charge in [-0.2, -0.15) is 18.4 Å². The molecule has 0 aromatic carbocycles. The number of nitrogens with one attached hydrogen (secondary N) is 1. The van der Waals surface area contributed by atoms with Crippen LogP contribution in [0.5, 0.6) is 0 Å². The van der Waals surface area contributed by atoms with E-state index in [0.717, 1.165) is 12.1 Å². The van der Waals surface area contributed by atoms with Gasteiger partial charge in [0.15, 0.2) is 0 Å². The number of carbonyl (C=O) groups excluding carboxylic acids is 1. The Balaban J connectivity index is 2.08. The molecule has 1 amide bonds. The van der Waals surface area contributed by atoms with Crippen molar-refractivity contribution in [3.8, 4) is 6.07 Å². The van der Waals surface area contributed by atoms with Crippen LogP contribution in [0.2, 0.25) is 0 Å². The predicted molar refractivity (Wildman–Crippen MR) is 81.3 cm³/mol. The molecule has 1 aromatic heterocycles. The zero-order chi connectivity index (χ0) is 17.7. The predicted octanol–water partition coefficient (Wildman–Crippen LogP) is 1.23. The Labute approximate surface area is 137 Å². The van der Waals surface area contributed by atoms with Gasteiger partial charge in [0.25, 0.3) is 0 Å². The quantitative estimate of drug-likeness (QED) is 0.892. The first-order chi connectivity index (χ1) is 11.3. The lowest BCUT2D eigenvalue weighted by Crippen LogP contribution is -2.50. The molecule has 1 aliphatic heterocycles. The van der Waals surface area contributed by atoms with E-state index in [4.69, 9.17) is 5.26 Å². The topological polar surface area (TPSA) is 72.3 Å². The summed E-state index contributed by atoms with van der Waals surface area (Å²) in [7, 11) is 0. The lowest BCUT2D eigenvalue weighted by molar-refractivity contribution is -0.141. The van der Waals surface area contributed by atoms with Crippen molar-refractivity contribution in [2.45, 2.75) is 13.1 Å². The molecule has 0 spiro atoms. The number of piperazine rings is 1. The SMILES string of the molecule is CCNC(=O)CN1CCN(c2nc(C(F)(F)F)ccc2C#N)CC1. The second kappa shape index (κ2) is 7.49. The zero-order valence-corrected chi connectivity index (χ0v) is 13.2. The number of rotatable bonds is 4. The van der Waals surface area contributed by atoms with Crippen LogP contribution in [0.4, 0.5) is 19.0 Å². The highest BCUT2D eigenvalue weighted by Gasteiger charge is 2.34. The number of carbonyl (C=O) groups is 1. The van der Waals surface area contributed by atoms with Gasteiger partial charge in [-0.15, -0.1) is 0 Å². The average molecular weight is 341 g/mol. The van der Waals surface area contributed by atoms with Crippen molar-refractivity contribution >= 4 is 11.7 Å². The molecule has 2 heterocycles. The number of nitrogens with zero attached hydrogens (tertiary/aromatic N) is 4. The molecule has 1 fully saturated rings. The Morgan fingerprint density at radius 2 is 2.00 bits per heavy atom. The van der Waals surface area contributed by atoms with Gasteiger partial charge in [-0.3, -0.25) is 9.69 Å². The third-order valence-electron chi connectivity index (χ3n) is 3.70. The van der Waals surface area contributed by atoms with Gasteiger partial charge in [0.2, 0.25) is 5.91 Å². The lowest BCUT2D eigenvalue weighted by atomic mass is 10.2. The third kappa shape index (κ3) is 4.35. The summed E-state index contributed by atoms with van der Waals surface area (Å²) < 4.78 is 38.5. The molecule has 130 valence electrons. The minimum absolute atomic E-state index is 0.0463. The molecule has 1 N–H and O–H groups in total. The van der Waals surface area contributed by atoms with Crippen molar-refractivity contribution in [3.63, 3.8) is 0 Å². The van der Waals surface area contributed by atoms with E-state index in [9.17, 15) is 18.0 Å². The molecule has 0 aliphatic carbocycles. The first-order valence-electron chi connectivity index (χ1n) is 7.57. The van der Waals surface area contributed by atoms with Gasteiger partial charge < -0.3 is 10.2 Å². The highest BCUT2D eigenvalue weighted by Crippen LogP contribution is 2.30. The number of halogens is 3. The maximum absolute atomic E-state index is 12.8. The number of hydrogen-bond acceptors (Lipinski definition) is 5. The van der Waals surface area contributed by atoms with Crippen LogP contribution in [0.25, 0.3) is 0 Å². The fourth-order valence-corrected chi connectivity index (χ4v) is 2.51. The summed E-state index contributed by atoms with van der Waals surface area (Å²) in [6.45, 7) is 4.48. The summed E-state index contributed by atoms with van der Waals surface area (Å²) in [6, 6.07) is 3.84. The molecule has 24 heavy (non-hydrogen) atoms. The first-order valence-corrected chi connectivity index (χ1v) is 7.57. The molecule has 6 nitrogen and oxygen atoms in total. The van der Waals surface area contributed by atoms with Gasteiger partial charge in [-0.25, -0.2) is 4.98 Å². The highest BCUT2D eigenvalue weighted by atomic mass is 19.4. The zero-order valence-electron chi connectivity index (χ0n) is 13.2. The number of anilines is 1. The Kier molecular flexibility index (Phi) is 5.62. The molecule has 9 heteroatoms. The number of likely N-dealkylation sites (N-methyl/N-ethyl adjacent to an activating group) is 1. The van der Waals surface area contributed by atoms with Crippen LogP contribution in [-0.4, -0.2) is 55.1 Å². The van der Waals surface area contributed by atoms with Crippen molar-refractivity contribution in [1.29, 1.82) is 5.26 Å². The second-order valence-electron chi connectivity index (χ2n) is 5.39. The van der Waals surface area contributed by atoms with E-state index in [0.29, 0.717) is 32.7 Å². The minimum Gasteiger partial charge on any atom is -0.355 e. The number of amides is 1. The van der Waals surface area contributed by atoms with Crippen LogP contribution in [0.3, 0.4) is 0 Å². The molecule has 1 aliphatic rings. The smallest absolute Gasteiger partial charge is 0.355 e. The molecule has 1 saturated heterocycles. The van der Waals surface area contributed by atoms with Crippen LogP contribution in [0.15, 0.2) is 12.1 Å². The molecule has 0 atom stereocenters. The Bertz CT molecular complexity index is 633. The fraction of sp³-hybridized carbons (Fsp3) is 0.533. The molecular formula is C15H18F3N5O. The summed E-state index contributed by atoms with van der Waals surface area (Å²) in [5.74, 6) is -0.0363. The van der Waals surface area contributed by atoms with Crippen molar-refractivity contribution in [1.82, 2.24) is 15.2 Å². The average Bonchev–Trinajstić information content (AvgIpc) is 2.54. The van der Waals surface area contributed by atoms with E-state index in [2.05, 4.69) is 10.3 Å². The van der Waals surface area contributed by atoms with E-state index < -0.39 is 11.9 Å². The molecule has 1 aromatic rings. The highest BCUT2D eigenvalue weighted by molar-refractivity contribution is 5.78. The minimum atomic E-state index is -4.55. The largest absolute Gasteiger partial charge is 0.433 e. The molecule has 0 saturated carbocycles. The van der Waals surface area contributed by atoms with Crippen molar-refractivity contribution in [2.75, 3.05) is 44.2 Å². The van der Waals surface area contributed by atoms with Crippen LogP contribution in [0, 0.1) is 11.3 Å². The van der Waals surface area contributed by atoms with Gasteiger partial charge in [-0.1, -0.05) is 0 Å². The standard InChI is InChI=1S/C15H18F3N5O/c1-2-20-13(24)10-22-5-7-23(8-6-22)14-11(9-19)3-4-12(21-14)15(16,17)18/h3-4H,2,5-8,10H2,1H3,(H,20,24). The van der Waals surface area contributed by atoms with Gasteiger partial charge in [0, 0.05) is 32.7 Å². The van der Waals surface area contributed by atoms with E-state index in [-0.39, 0.29) is 23.8 Å². The van der Waals surface area contributed by atoms with Crippen molar-refractivity contribution in [3.05, 3.63) is 23.4 Å². The van der Waals surface area contributed by atoms with E-state index in [1.54, 1.807) is 4.90 Å². The maximum Gasteiger partial charge on any atom is 0.433 e. The van der Waals surface area contributed by atoms with Crippen LogP contribution in [0.1, 0.15) is 18.2 Å². The number of pyridine rings is 1. The van der Waals surface area contributed by atoms with Crippen LogP contribution in [-0.2, 0) is 11.0 Å². The van der Waals surface area contributed by atoms with Crippen LogP contribution >= 0.6 is 0 Å². The van der Waals surface area contributed by atoms with E-state index in [1.807, 2.05) is 17.9 Å². The first kappa shape index (κ1) is 18.0. The Hall–Kier alpha value is -2.34. The van der Waals surface area contributed by atoms with Crippen molar-refractivity contribution in [2.24, 2.45) is 0 Å². The lowest BCUT2D eigenvalue weighted by Gasteiger charge is -2.35. The fourth-order valence-electron chi connectivity index (χ4n) is 2.51. The summed E-state index contributed by atoms with van der Waals surface area (Å²) in [6.07, 6.45) is -4.55. The molecular weight excluding hydrogens is 323 g/mol. The molecule has 0 bridgehead atoms. The van der Waals surface area contributed by atoms with Crippen LogP contribution < -0.4 is 10.2 Å². The number of aromatic nitrogens is 1. The Morgan fingerprint density at radius 3 is 2.54 bits per heavy atom. The molecule has 0 radical (unpaired) electrons. The molecule has 0 unspecified atom stereocenters. The third-order valence-corrected chi connectivity index (χ3v) is 3.70. The van der Waals surface area contributed by atoms with E-state index in [1.165, 1.54) is 0 Å². The summed E-state index contributed by atoms with van der Waals surface area (Å²) in [5.41, 5.74) is -0.901. The number of nitriles is 1. The number of alkyl halides is 3. The van der Waals surface area contributed by atoms with Crippen molar-refractivity contribution < 1.29 is 18.0 Å². The normalized spacial score (nSPS) is 15.9. The number of hydrogen-bond donors (Lipinski definition) is 1. The van der Waals surface area contributed by atoms with Gasteiger partial charge >= 0.3 is 6.18 Å². The maximum atomic E-state index is 12.8. The van der Waals surface area contributed by atoms with Gasteiger partial charge in [0.1, 0.15) is 17.6 Å². The molecule has 2 rings (SSSR count). The monoisotopic (exact) mass is 341 g/mol. The summed E-state index contributed by atoms with van der Waals surface area (Å²) in [5, 5.41) is 11.8. The summed E-state index contributed by atoms with van der Waals surface area (Å²) in [4.78, 5) is 18.8. The second-order valence-corrected chi connectivity index (χ2v) is 5.39. The van der Waals surface area contributed by atoms with Gasteiger partial charge in [0.05, 0.1) is 12.1 Å². The van der Waals surface area contributed by atoms with E-state index >= 15 is 0 Å². The Morgan fingerprint density at radius 1 is 1.33 bits per heavy atom. The van der Waals surface area contributed by atoms with Gasteiger partial charge in [-0.05, 0) is 19.1 Å².